The maximum atomic E-state index is 4.71. The number of aromatic nitrogens is 2. The van der Waals surface area contributed by atoms with E-state index in [4.69, 9.17) is 5.10 Å². The van der Waals surface area contributed by atoms with Crippen LogP contribution in [0.4, 0.5) is 0 Å². The van der Waals surface area contributed by atoms with Gasteiger partial charge in [0.2, 0.25) is 0 Å². The van der Waals surface area contributed by atoms with Gasteiger partial charge in [-0.15, -0.1) is 0 Å². The van der Waals surface area contributed by atoms with Crippen molar-refractivity contribution in [3.05, 3.63) is 46.8 Å². The molecule has 1 aliphatic heterocycles. The lowest BCUT2D eigenvalue weighted by Crippen LogP contribution is -2.45. The molecule has 0 saturated carbocycles. The molecule has 2 nitrogen and oxygen atoms in total. The van der Waals surface area contributed by atoms with Gasteiger partial charge in [0.1, 0.15) is 0 Å². The van der Waals surface area contributed by atoms with Crippen molar-refractivity contribution < 1.29 is 0 Å². The molecule has 100 valence electrons. The van der Waals surface area contributed by atoms with Gasteiger partial charge in [-0.25, -0.2) is 4.68 Å². The highest BCUT2D eigenvalue weighted by atomic mass is 15.3. The van der Waals surface area contributed by atoms with E-state index in [2.05, 4.69) is 70.5 Å². The Balaban J connectivity index is 2.42. The third kappa shape index (κ3) is 1.46. The molecule has 0 N–H and O–H groups in total. The minimum atomic E-state index is 0.0660. The van der Waals surface area contributed by atoms with Crippen LogP contribution in [0.3, 0.4) is 0 Å². The van der Waals surface area contributed by atoms with Gasteiger partial charge >= 0.3 is 0 Å². The van der Waals surface area contributed by atoms with Crippen molar-refractivity contribution in [3.8, 4) is 5.69 Å². The third-order valence-electron chi connectivity index (χ3n) is 5.09. The van der Waals surface area contributed by atoms with Gasteiger partial charge in [-0.3, -0.25) is 0 Å². The monoisotopic (exact) mass is 254 g/mol. The highest BCUT2D eigenvalue weighted by molar-refractivity contribution is 5.54. The first-order valence-electron chi connectivity index (χ1n) is 6.94. The Morgan fingerprint density at radius 3 is 2.32 bits per heavy atom. The lowest BCUT2D eigenvalue weighted by Gasteiger charge is -2.46. The van der Waals surface area contributed by atoms with Gasteiger partial charge in [-0.2, -0.15) is 5.10 Å². The molecule has 0 spiro atoms. The molecule has 2 heteroatoms. The van der Waals surface area contributed by atoms with Crippen LogP contribution in [0.15, 0.2) is 24.3 Å². The van der Waals surface area contributed by atoms with Crippen LogP contribution in [0, 0.1) is 13.8 Å². The van der Waals surface area contributed by atoms with Crippen LogP contribution < -0.4 is 0 Å². The highest BCUT2D eigenvalue weighted by Gasteiger charge is 2.46. The van der Waals surface area contributed by atoms with Gasteiger partial charge in [0.15, 0.2) is 0 Å². The zero-order valence-electron chi connectivity index (χ0n) is 12.7. The topological polar surface area (TPSA) is 17.8 Å². The SMILES string of the molecule is Cc1ccc2c(c1)-n1nc(C)cc1C(C)(C)C2(C)C. The number of aryl methyl sites for hydroxylation is 2. The Morgan fingerprint density at radius 2 is 1.63 bits per heavy atom. The second-order valence-electron chi connectivity index (χ2n) is 6.85. The summed E-state index contributed by atoms with van der Waals surface area (Å²) in [6.45, 7) is 13.5. The van der Waals surface area contributed by atoms with Gasteiger partial charge in [0, 0.05) is 10.8 Å². The number of benzene rings is 1. The van der Waals surface area contributed by atoms with Gasteiger partial charge in [0.05, 0.1) is 17.1 Å². The third-order valence-corrected chi connectivity index (χ3v) is 5.09. The second-order valence-corrected chi connectivity index (χ2v) is 6.85. The summed E-state index contributed by atoms with van der Waals surface area (Å²) in [6.07, 6.45) is 0. The van der Waals surface area contributed by atoms with Crippen LogP contribution in [-0.4, -0.2) is 9.78 Å². The first-order chi connectivity index (χ1) is 8.75. The maximum Gasteiger partial charge on any atom is 0.0689 e. The van der Waals surface area contributed by atoms with E-state index in [1.807, 2.05) is 0 Å². The van der Waals surface area contributed by atoms with E-state index in [1.54, 1.807) is 0 Å². The smallest absolute Gasteiger partial charge is 0.0689 e. The minimum Gasteiger partial charge on any atom is -0.237 e. The first kappa shape index (κ1) is 12.5. The van der Waals surface area contributed by atoms with Crippen molar-refractivity contribution in [2.24, 2.45) is 0 Å². The largest absolute Gasteiger partial charge is 0.237 e. The molecule has 0 radical (unpaired) electrons. The molecule has 3 rings (SSSR count). The summed E-state index contributed by atoms with van der Waals surface area (Å²) >= 11 is 0. The molecule has 2 aromatic rings. The average Bonchev–Trinajstić information content (AvgIpc) is 2.70. The Morgan fingerprint density at radius 1 is 0.947 bits per heavy atom. The molecule has 1 aliphatic rings. The minimum absolute atomic E-state index is 0.0660. The molecule has 1 aromatic carbocycles. The quantitative estimate of drug-likeness (QED) is 0.693. The van der Waals surface area contributed by atoms with E-state index in [0.29, 0.717) is 0 Å². The summed E-state index contributed by atoms with van der Waals surface area (Å²) in [5.41, 5.74) is 6.48. The van der Waals surface area contributed by atoms with Crippen molar-refractivity contribution in [2.75, 3.05) is 0 Å². The molecular weight excluding hydrogens is 232 g/mol. The molecule has 0 aliphatic carbocycles. The molecule has 19 heavy (non-hydrogen) atoms. The Hall–Kier alpha value is -1.57. The molecule has 0 bridgehead atoms. The van der Waals surface area contributed by atoms with Crippen LogP contribution in [0.5, 0.6) is 0 Å². The number of hydrogen-bond acceptors (Lipinski definition) is 1. The van der Waals surface area contributed by atoms with E-state index in [-0.39, 0.29) is 10.8 Å². The van der Waals surface area contributed by atoms with Crippen LogP contribution in [-0.2, 0) is 10.8 Å². The number of nitrogens with zero attached hydrogens (tertiary/aromatic N) is 2. The van der Waals surface area contributed by atoms with E-state index in [0.717, 1.165) is 5.69 Å². The van der Waals surface area contributed by atoms with Crippen LogP contribution in [0.25, 0.3) is 5.69 Å². The van der Waals surface area contributed by atoms with E-state index in [9.17, 15) is 0 Å². The second kappa shape index (κ2) is 3.50. The molecule has 2 heterocycles. The number of fused-ring (bicyclic) bond motifs is 3. The van der Waals surface area contributed by atoms with Crippen molar-refractivity contribution >= 4 is 0 Å². The van der Waals surface area contributed by atoms with Gasteiger partial charge in [0.25, 0.3) is 0 Å². The predicted molar refractivity (Wildman–Crippen MR) is 79.1 cm³/mol. The van der Waals surface area contributed by atoms with Crippen LogP contribution >= 0.6 is 0 Å². The summed E-state index contributed by atoms with van der Waals surface area (Å²) in [7, 11) is 0. The molecule has 0 unspecified atom stereocenters. The zero-order valence-corrected chi connectivity index (χ0v) is 12.7. The number of hydrogen-bond donors (Lipinski definition) is 0. The van der Waals surface area contributed by atoms with E-state index in [1.165, 1.54) is 22.5 Å². The fourth-order valence-electron chi connectivity index (χ4n) is 3.13. The fraction of sp³-hybridized carbons (Fsp3) is 0.471. The normalized spacial score (nSPS) is 18.8. The van der Waals surface area contributed by atoms with Crippen LogP contribution in [0.1, 0.15) is 50.2 Å². The lowest BCUT2D eigenvalue weighted by atomic mass is 9.60. The lowest BCUT2D eigenvalue weighted by molar-refractivity contribution is 0.275. The van der Waals surface area contributed by atoms with Gasteiger partial charge < -0.3 is 0 Å². The summed E-state index contributed by atoms with van der Waals surface area (Å²) in [5.74, 6) is 0. The molecule has 0 fully saturated rings. The van der Waals surface area contributed by atoms with Crippen molar-refractivity contribution in [1.82, 2.24) is 9.78 Å². The van der Waals surface area contributed by atoms with Gasteiger partial charge in [-0.1, -0.05) is 39.8 Å². The summed E-state index contributed by atoms with van der Waals surface area (Å²) in [6, 6.07) is 8.96. The standard InChI is InChI=1S/C17H22N2/c1-11-7-8-13-14(9-11)19-15(10-12(2)18-19)17(5,6)16(13,3)4/h7-10H,1-6H3. The van der Waals surface area contributed by atoms with Crippen molar-refractivity contribution in [2.45, 2.75) is 52.4 Å². The van der Waals surface area contributed by atoms with E-state index < -0.39 is 0 Å². The van der Waals surface area contributed by atoms with E-state index >= 15 is 0 Å². The number of rotatable bonds is 0. The molecule has 1 aromatic heterocycles. The first-order valence-corrected chi connectivity index (χ1v) is 6.94. The fourth-order valence-corrected chi connectivity index (χ4v) is 3.13. The highest BCUT2D eigenvalue weighted by Crippen LogP contribution is 2.49. The average molecular weight is 254 g/mol. The van der Waals surface area contributed by atoms with Crippen molar-refractivity contribution in [3.63, 3.8) is 0 Å². The predicted octanol–water partition coefficient (Wildman–Crippen LogP) is 4.06. The molecular formula is C17H22N2. The summed E-state index contributed by atoms with van der Waals surface area (Å²) in [4.78, 5) is 0. The Kier molecular flexibility index (Phi) is 2.30. The molecule has 0 saturated heterocycles. The molecule has 0 amide bonds. The van der Waals surface area contributed by atoms with Crippen molar-refractivity contribution in [1.29, 1.82) is 0 Å². The summed E-state index contributed by atoms with van der Waals surface area (Å²) in [5, 5.41) is 4.71. The Labute approximate surface area is 115 Å². The Bertz CT molecular complexity index is 660. The van der Waals surface area contributed by atoms with Gasteiger partial charge in [-0.05, 0) is 37.1 Å². The molecule has 0 atom stereocenters. The maximum absolute atomic E-state index is 4.71. The zero-order chi connectivity index (χ0) is 14.0. The van der Waals surface area contributed by atoms with Crippen LogP contribution in [0.2, 0.25) is 0 Å². The summed E-state index contributed by atoms with van der Waals surface area (Å²) < 4.78 is 2.14.